The molecule has 5 nitrogen and oxygen atoms in total. The molecule has 1 aliphatic rings. The quantitative estimate of drug-likeness (QED) is 0.920. The van der Waals surface area contributed by atoms with Gasteiger partial charge in [-0.25, -0.2) is 0 Å². The second kappa shape index (κ2) is 5.09. The van der Waals surface area contributed by atoms with Crippen LogP contribution >= 0.6 is 0 Å². The maximum Gasteiger partial charge on any atom is 0.233 e. The van der Waals surface area contributed by atoms with E-state index in [0.29, 0.717) is 12.4 Å². The summed E-state index contributed by atoms with van der Waals surface area (Å²) in [7, 11) is 1.57. The molecule has 2 heterocycles. The molecular weight excluding hydrogens is 254 g/mol. The molecule has 0 fully saturated rings. The van der Waals surface area contributed by atoms with Gasteiger partial charge >= 0.3 is 0 Å². The van der Waals surface area contributed by atoms with Crippen LogP contribution in [0.5, 0.6) is 11.6 Å². The van der Waals surface area contributed by atoms with Gasteiger partial charge in [0.1, 0.15) is 11.9 Å². The predicted octanol–water partition coefficient (Wildman–Crippen LogP) is 1.72. The fourth-order valence-corrected chi connectivity index (χ4v) is 2.49. The number of aromatic nitrogens is 2. The molecule has 20 heavy (non-hydrogen) atoms. The molecule has 104 valence electrons. The first-order valence-electron chi connectivity index (χ1n) is 6.59. The molecule has 0 saturated heterocycles. The van der Waals surface area contributed by atoms with Gasteiger partial charge in [0.05, 0.1) is 12.8 Å². The van der Waals surface area contributed by atoms with Crippen LogP contribution in [0.4, 0.5) is 0 Å². The van der Waals surface area contributed by atoms with Gasteiger partial charge in [-0.05, 0) is 30.2 Å². The van der Waals surface area contributed by atoms with Crippen molar-refractivity contribution in [2.45, 2.75) is 19.4 Å². The van der Waals surface area contributed by atoms with Gasteiger partial charge in [-0.2, -0.15) is 0 Å². The van der Waals surface area contributed by atoms with Gasteiger partial charge in [0.25, 0.3) is 0 Å². The predicted molar refractivity (Wildman–Crippen MR) is 75.9 cm³/mol. The van der Waals surface area contributed by atoms with E-state index >= 15 is 0 Å². The summed E-state index contributed by atoms with van der Waals surface area (Å²) in [6, 6.07) is 7.89. The summed E-state index contributed by atoms with van der Waals surface area (Å²) in [4.78, 5) is 0. The van der Waals surface area contributed by atoms with E-state index in [2.05, 4.69) is 29.3 Å². The van der Waals surface area contributed by atoms with E-state index in [1.165, 1.54) is 11.1 Å². The molecule has 1 aliphatic heterocycles. The highest BCUT2D eigenvalue weighted by Gasteiger charge is 2.25. The number of methoxy groups -OCH3 is 1. The van der Waals surface area contributed by atoms with E-state index in [1.807, 2.05) is 6.07 Å². The largest absolute Gasteiger partial charge is 0.488 e. The van der Waals surface area contributed by atoms with Crippen LogP contribution in [0.15, 0.2) is 24.3 Å². The fraction of sp³-hybridized carbons (Fsp3) is 0.333. The van der Waals surface area contributed by atoms with Gasteiger partial charge in [-0.1, -0.05) is 6.07 Å². The molecule has 3 rings (SSSR count). The summed E-state index contributed by atoms with van der Waals surface area (Å²) in [6.07, 6.45) is 0.904. The average molecular weight is 271 g/mol. The number of benzene rings is 1. The van der Waals surface area contributed by atoms with Crippen molar-refractivity contribution < 1.29 is 9.47 Å². The lowest BCUT2D eigenvalue weighted by atomic mass is 10.0. The smallest absolute Gasteiger partial charge is 0.233 e. The van der Waals surface area contributed by atoms with Crippen molar-refractivity contribution in [1.82, 2.24) is 10.2 Å². The number of rotatable bonds is 3. The molecule has 1 aromatic heterocycles. The van der Waals surface area contributed by atoms with Gasteiger partial charge in [-0.3, -0.25) is 0 Å². The minimum atomic E-state index is 0.0526. The maximum absolute atomic E-state index is 5.93. The lowest BCUT2D eigenvalue weighted by molar-refractivity contribution is 0.242. The second-order valence-corrected chi connectivity index (χ2v) is 4.94. The van der Waals surface area contributed by atoms with Gasteiger partial charge in [-0.15, -0.1) is 10.2 Å². The Morgan fingerprint density at radius 1 is 1.35 bits per heavy atom. The Kier molecular flexibility index (Phi) is 3.28. The fourth-order valence-electron chi connectivity index (χ4n) is 2.49. The van der Waals surface area contributed by atoms with Crippen molar-refractivity contribution in [2.75, 3.05) is 13.7 Å². The highest BCUT2D eigenvalue weighted by Crippen LogP contribution is 2.39. The number of aryl methyl sites for hydroxylation is 1. The van der Waals surface area contributed by atoms with E-state index < -0.39 is 0 Å². The third-order valence-electron chi connectivity index (χ3n) is 3.43. The molecule has 1 atom stereocenters. The number of hydrogen-bond acceptors (Lipinski definition) is 5. The van der Waals surface area contributed by atoms with Crippen molar-refractivity contribution in [3.05, 3.63) is 35.4 Å². The standard InChI is InChI=1S/C15H17N3O2/c1-9-5-10-7-11(8-16)20-15(10)12(6-9)13-3-4-14(19-2)18-17-13/h3-6,11H,7-8,16H2,1-2H3/t11-/m0/s1. The van der Waals surface area contributed by atoms with Crippen LogP contribution in [-0.4, -0.2) is 30.0 Å². The van der Waals surface area contributed by atoms with Crippen molar-refractivity contribution >= 4 is 0 Å². The Morgan fingerprint density at radius 2 is 2.20 bits per heavy atom. The Labute approximate surface area is 117 Å². The van der Waals surface area contributed by atoms with E-state index in [-0.39, 0.29) is 6.10 Å². The topological polar surface area (TPSA) is 70.3 Å². The monoisotopic (exact) mass is 271 g/mol. The normalized spacial score (nSPS) is 16.6. The van der Waals surface area contributed by atoms with E-state index in [9.17, 15) is 0 Å². The lowest BCUT2D eigenvalue weighted by Gasteiger charge is -2.11. The van der Waals surface area contributed by atoms with Crippen LogP contribution in [0.25, 0.3) is 11.3 Å². The number of nitrogens with zero attached hydrogens (tertiary/aromatic N) is 2. The molecule has 0 spiro atoms. The Morgan fingerprint density at radius 3 is 2.85 bits per heavy atom. The summed E-state index contributed by atoms with van der Waals surface area (Å²) < 4.78 is 11.0. The van der Waals surface area contributed by atoms with Crippen molar-refractivity contribution in [1.29, 1.82) is 0 Å². The third-order valence-corrected chi connectivity index (χ3v) is 3.43. The van der Waals surface area contributed by atoms with Crippen LogP contribution < -0.4 is 15.2 Å². The highest BCUT2D eigenvalue weighted by atomic mass is 16.5. The molecule has 0 amide bonds. The first kappa shape index (κ1) is 12.9. The number of nitrogens with two attached hydrogens (primary N) is 1. The maximum atomic E-state index is 5.93. The third kappa shape index (κ3) is 2.20. The SMILES string of the molecule is COc1ccc(-c2cc(C)cc3c2O[C@H](CN)C3)nn1. The zero-order chi connectivity index (χ0) is 14.1. The van der Waals surface area contributed by atoms with Crippen LogP contribution in [0.1, 0.15) is 11.1 Å². The molecule has 0 bridgehead atoms. The Balaban J connectivity index is 2.05. The van der Waals surface area contributed by atoms with Gasteiger partial charge in [0.15, 0.2) is 0 Å². The summed E-state index contributed by atoms with van der Waals surface area (Å²) in [5, 5.41) is 8.22. The summed E-state index contributed by atoms with van der Waals surface area (Å²) in [5.74, 6) is 1.38. The van der Waals surface area contributed by atoms with Crippen LogP contribution in [-0.2, 0) is 6.42 Å². The summed E-state index contributed by atoms with van der Waals surface area (Å²) in [5.41, 5.74) is 9.82. The van der Waals surface area contributed by atoms with Crippen LogP contribution in [0.2, 0.25) is 0 Å². The van der Waals surface area contributed by atoms with Crippen molar-refractivity contribution in [3.63, 3.8) is 0 Å². The molecule has 5 heteroatoms. The molecule has 2 N–H and O–H groups in total. The van der Waals surface area contributed by atoms with Gasteiger partial charge in [0, 0.05) is 24.6 Å². The molecule has 1 aromatic carbocycles. The van der Waals surface area contributed by atoms with E-state index in [4.69, 9.17) is 15.2 Å². The number of fused-ring (bicyclic) bond motifs is 1. The van der Waals surface area contributed by atoms with E-state index in [0.717, 1.165) is 23.4 Å². The zero-order valence-corrected chi connectivity index (χ0v) is 11.6. The van der Waals surface area contributed by atoms with Crippen LogP contribution in [0, 0.1) is 6.92 Å². The second-order valence-electron chi connectivity index (χ2n) is 4.94. The minimum Gasteiger partial charge on any atom is -0.488 e. The van der Waals surface area contributed by atoms with Crippen molar-refractivity contribution in [3.8, 4) is 22.9 Å². The zero-order valence-electron chi connectivity index (χ0n) is 11.6. The average Bonchev–Trinajstić information content (AvgIpc) is 2.89. The van der Waals surface area contributed by atoms with Crippen molar-refractivity contribution in [2.24, 2.45) is 5.73 Å². The molecular formula is C15H17N3O2. The van der Waals surface area contributed by atoms with E-state index in [1.54, 1.807) is 13.2 Å². The first-order chi connectivity index (χ1) is 9.71. The highest BCUT2D eigenvalue weighted by molar-refractivity contribution is 5.71. The Bertz CT molecular complexity index is 626. The molecule has 0 radical (unpaired) electrons. The number of hydrogen-bond donors (Lipinski definition) is 1. The van der Waals surface area contributed by atoms with Gasteiger partial charge < -0.3 is 15.2 Å². The lowest BCUT2D eigenvalue weighted by Crippen LogP contribution is -2.24. The Hall–Kier alpha value is -2.14. The molecule has 0 saturated carbocycles. The number of ether oxygens (including phenoxy) is 2. The summed E-state index contributed by atoms with van der Waals surface area (Å²) in [6.45, 7) is 2.58. The molecule has 0 unspecified atom stereocenters. The first-order valence-corrected chi connectivity index (χ1v) is 6.59. The summed E-state index contributed by atoms with van der Waals surface area (Å²) >= 11 is 0. The van der Waals surface area contributed by atoms with Gasteiger partial charge in [0.2, 0.25) is 5.88 Å². The molecule has 0 aliphatic carbocycles. The molecule has 2 aromatic rings. The van der Waals surface area contributed by atoms with Crippen LogP contribution in [0.3, 0.4) is 0 Å². The minimum absolute atomic E-state index is 0.0526.